The second-order valence-corrected chi connectivity index (χ2v) is 6.09. The van der Waals surface area contributed by atoms with Crippen molar-refractivity contribution in [1.82, 2.24) is 0 Å². The van der Waals surface area contributed by atoms with E-state index >= 15 is 0 Å². The number of hydrogen-bond donors (Lipinski definition) is 1. The Morgan fingerprint density at radius 3 is 1.90 bits per heavy atom. The van der Waals surface area contributed by atoms with E-state index < -0.39 is 0 Å². The molecule has 0 aliphatic heterocycles. The molecule has 2 rings (SSSR count). The van der Waals surface area contributed by atoms with Gasteiger partial charge in [0.05, 0.1) is 0 Å². The third-order valence-corrected chi connectivity index (χ3v) is 4.19. The third kappa shape index (κ3) is 4.42. The third-order valence-electron chi connectivity index (χ3n) is 3.93. The normalized spacial score (nSPS) is 12.3. The molecular weight excluding hydrogens is 260 g/mol. The minimum absolute atomic E-state index is 0.620. The lowest BCUT2D eigenvalue weighted by molar-refractivity contribution is 0.611. The highest BCUT2D eigenvalue weighted by Gasteiger charge is 2.10. The van der Waals surface area contributed by atoms with Crippen molar-refractivity contribution in [2.24, 2.45) is 0 Å². The van der Waals surface area contributed by atoms with Gasteiger partial charge in [0.1, 0.15) is 0 Å². The molecule has 1 atom stereocenters. The van der Waals surface area contributed by atoms with Crippen molar-refractivity contribution >= 4 is 12.6 Å². The van der Waals surface area contributed by atoms with Crippen LogP contribution in [0, 0.1) is 13.8 Å². The largest absolute Gasteiger partial charge is 0.179 e. The second kappa shape index (κ2) is 7.54. The zero-order valence-electron chi connectivity index (χ0n) is 12.5. The zero-order valence-corrected chi connectivity index (χ0v) is 13.4. The molecule has 0 aromatic heterocycles. The molecule has 0 aliphatic carbocycles. The Morgan fingerprint density at radius 1 is 0.800 bits per heavy atom. The minimum Gasteiger partial charge on any atom is -0.179 e. The summed E-state index contributed by atoms with van der Waals surface area (Å²) in [6.45, 7) is 4.28. The van der Waals surface area contributed by atoms with E-state index in [0.29, 0.717) is 5.92 Å². The van der Waals surface area contributed by atoms with Gasteiger partial charge >= 0.3 is 0 Å². The summed E-state index contributed by atoms with van der Waals surface area (Å²) in [6, 6.07) is 17.9. The fourth-order valence-corrected chi connectivity index (χ4v) is 2.88. The molecule has 0 saturated carbocycles. The molecule has 2 aromatic carbocycles. The Bertz CT molecular complexity index is 510. The van der Waals surface area contributed by atoms with E-state index in [2.05, 4.69) is 75.0 Å². The van der Waals surface area contributed by atoms with E-state index in [4.69, 9.17) is 0 Å². The zero-order chi connectivity index (χ0) is 14.4. The maximum atomic E-state index is 4.42. The average Bonchev–Trinajstić information content (AvgIpc) is 2.46. The van der Waals surface area contributed by atoms with Crippen molar-refractivity contribution < 1.29 is 0 Å². The molecule has 0 radical (unpaired) electrons. The van der Waals surface area contributed by atoms with Gasteiger partial charge in [0.2, 0.25) is 0 Å². The quantitative estimate of drug-likeness (QED) is 0.680. The maximum absolute atomic E-state index is 4.42. The van der Waals surface area contributed by atoms with Crippen molar-refractivity contribution in [2.45, 2.75) is 39.0 Å². The predicted octanol–water partition coefficient (Wildman–Crippen LogP) is 5.34. The van der Waals surface area contributed by atoms with Crippen LogP contribution >= 0.6 is 12.6 Å². The molecule has 0 saturated heterocycles. The van der Waals surface area contributed by atoms with Crippen LogP contribution < -0.4 is 0 Å². The molecule has 0 fully saturated rings. The Kier molecular flexibility index (Phi) is 5.72. The summed E-state index contributed by atoms with van der Waals surface area (Å²) in [6.07, 6.45) is 3.50. The van der Waals surface area contributed by atoms with Crippen LogP contribution in [0.25, 0.3) is 0 Å². The van der Waals surface area contributed by atoms with E-state index in [-0.39, 0.29) is 0 Å². The van der Waals surface area contributed by atoms with Gasteiger partial charge in [-0.3, -0.25) is 0 Å². The lowest BCUT2D eigenvalue weighted by Gasteiger charge is -2.17. The first-order valence-corrected chi connectivity index (χ1v) is 8.05. The van der Waals surface area contributed by atoms with Gasteiger partial charge in [0, 0.05) is 0 Å². The molecule has 2 aromatic rings. The van der Waals surface area contributed by atoms with E-state index in [1.165, 1.54) is 28.7 Å². The summed E-state index contributed by atoms with van der Waals surface area (Å²) in [5.74, 6) is 1.57. The van der Waals surface area contributed by atoms with Crippen LogP contribution in [0.1, 0.15) is 41.0 Å². The molecular formula is C19H24S. The number of rotatable bonds is 6. The van der Waals surface area contributed by atoms with Gasteiger partial charge in [0.15, 0.2) is 0 Å². The molecule has 0 spiro atoms. The highest BCUT2D eigenvalue weighted by atomic mass is 32.1. The van der Waals surface area contributed by atoms with Crippen LogP contribution in [0.5, 0.6) is 0 Å². The topological polar surface area (TPSA) is 0 Å². The van der Waals surface area contributed by atoms with Crippen molar-refractivity contribution in [2.75, 3.05) is 5.75 Å². The summed E-state index contributed by atoms with van der Waals surface area (Å²) < 4.78 is 0. The standard InChI is InChI=1S/C19H24S/c1-15-3-7-17(8-4-15)9-12-19(13-14-20)18-10-5-16(2)6-11-18/h3-8,10-11,19-20H,9,12-14H2,1-2H3. The SMILES string of the molecule is Cc1ccc(CCC(CCS)c2ccc(C)cc2)cc1. The molecule has 1 heteroatoms. The fourth-order valence-electron chi connectivity index (χ4n) is 2.57. The van der Waals surface area contributed by atoms with Crippen LogP contribution in [0.2, 0.25) is 0 Å². The summed E-state index contributed by atoms with van der Waals surface area (Å²) in [7, 11) is 0. The first-order valence-electron chi connectivity index (χ1n) is 7.42. The molecule has 0 aliphatic rings. The molecule has 0 amide bonds. The van der Waals surface area contributed by atoms with Gasteiger partial charge in [-0.25, -0.2) is 0 Å². The van der Waals surface area contributed by atoms with Gasteiger partial charge in [0.25, 0.3) is 0 Å². The van der Waals surface area contributed by atoms with Crippen LogP contribution in [-0.2, 0) is 6.42 Å². The molecule has 0 bridgehead atoms. The average molecular weight is 284 g/mol. The van der Waals surface area contributed by atoms with Gasteiger partial charge < -0.3 is 0 Å². The Balaban J connectivity index is 2.02. The molecule has 1 unspecified atom stereocenters. The minimum atomic E-state index is 0.620. The summed E-state index contributed by atoms with van der Waals surface area (Å²) in [5.41, 5.74) is 5.56. The van der Waals surface area contributed by atoms with Crippen molar-refractivity contribution in [1.29, 1.82) is 0 Å². The monoisotopic (exact) mass is 284 g/mol. The van der Waals surface area contributed by atoms with Crippen molar-refractivity contribution in [3.63, 3.8) is 0 Å². The Hall–Kier alpha value is -1.21. The number of hydrogen-bond acceptors (Lipinski definition) is 1. The Labute approximate surface area is 128 Å². The lowest BCUT2D eigenvalue weighted by atomic mass is 9.89. The highest BCUT2D eigenvalue weighted by Crippen LogP contribution is 2.26. The van der Waals surface area contributed by atoms with Crippen molar-refractivity contribution in [3.05, 3.63) is 70.8 Å². The van der Waals surface area contributed by atoms with E-state index in [9.17, 15) is 0 Å². The first kappa shape index (κ1) is 15.2. The lowest BCUT2D eigenvalue weighted by Crippen LogP contribution is -2.02. The predicted molar refractivity (Wildman–Crippen MR) is 91.9 cm³/mol. The summed E-state index contributed by atoms with van der Waals surface area (Å²) in [5, 5.41) is 0. The Morgan fingerprint density at radius 2 is 1.35 bits per heavy atom. The van der Waals surface area contributed by atoms with Gasteiger partial charge in [-0.05, 0) is 55.9 Å². The number of benzene rings is 2. The number of thiol groups is 1. The molecule has 106 valence electrons. The van der Waals surface area contributed by atoms with Gasteiger partial charge in [-0.1, -0.05) is 59.7 Å². The maximum Gasteiger partial charge on any atom is -0.00921 e. The fraction of sp³-hybridized carbons (Fsp3) is 0.368. The van der Waals surface area contributed by atoms with E-state index in [0.717, 1.165) is 18.6 Å². The molecule has 0 heterocycles. The summed E-state index contributed by atoms with van der Waals surface area (Å²) in [4.78, 5) is 0. The van der Waals surface area contributed by atoms with Crippen LogP contribution in [-0.4, -0.2) is 5.75 Å². The van der Waals surface area contributed by atoms with E-state index in [1.54, 1.807) is 0 Å². The second-order valence-electron chi connectivity index (χ2n) is 5.64. The molecule has 0 nitrogen and oxygen atoms in total. The van der Waals surface area contributed by atoms with Gasteiger partial charge in [-0.2, -0.15) is 12.6 Å². The van der Waals surface area contributed by atoms with Gasteiger partial charge in [-0.15, -0.1) is 0 Å². The van der Waals surface area contributed by atoms with Crippen LogP contribution in [0.3, 0.4) is 0 Å². The van der Waals surface area contributed by atoms with Crippen LogP contribution in [0.15, 0.2) is 48.5 Å². The van der Waals surface area contributed by atoms with Crippen LogP contribution in [0.4, 0.5) is 0 Å². The smallest absolute Gasteiger partial charge is 0.00921 e. The molecule has 20 heavy (non-hydrogen) atoms. The highest BCUT2D eigenvalue weighted by molar-refractivity contribution is 7.80. The molecule has 0 N–H and O–H groups in total. The number of aryl methyl sites for hydroxylation is 3. The van der Waals surface area contributed by atoms with E-state index in [1.807, 2.05) is 0 Å². The van der Waals surface area contributed by atoms with Crippen molar-refractivity contribution in [3.8, 4) is 0 Å². The summed E-state index contributed by atoms with van der Waals surface area (Å²) >= 11 is 4.42. The first-order chi connectivity index (χ1) is 9.69.